The Morgan fingerprint density at radius 3 is 2.46 bits per heavy atom. The molecule has 2 aromatic carbocycles. The smallest absolute Gasteiger partial charge is 0.240 e. The van der Waals surface area contributed by atoms with Gasteiger partial charge in [0, 0.05) is 31.1 Å². The van der Waals surface area contributed by atoms with E-state index in [-0.39, 0.29) is 23.3 Å². The minimum atomic E-state index is -3.59. The molecule has 7 heteroatoms. The number of nitrogens with one attached hydrogen (secondary N) is 1. The third kappa shape index (κ3) is 4.84. The molecule has 1 saturated heterocycles. The Morgan fingerprint density at radius 1 is 1.08 bits per heavy atom. The third-order valence-corrected chi connectivity index (χ3v) is 6.19. The Kier molecular flexibility index (Phi) is 5.96. The minimum absolute atomic E-state index is 0.0136. The van der Waals surface area contributed by atoms with Crippen molar-refractivity contribution in [2.45, 2.75) is 17.7 Å². The van der Waals surface area contributed by atoms with E-state index in [9.17, 15) is 13.2 Å². The second-order valence-electron chi connectivity index (χ2n) is 6.45. The molecular weight excluding hydrogens is 372 g/mol. The number of nitrogens with zero attached hydrogens (tertiary/aromatic N) is 1. The standard InChI is InChI=1S/C19H21ClN2O3S/c20-17-6-8-18(9-7-17)26(24,25)21-13-16-12-19(23)22(14-16)11-10-15-4-2-1-3-5-15/h1-9,16,21H,10-14H2. The second kappa shape index (κ2) is 8.20. The lowest BCUT2D eigenvalue weighted by Gasteiger charge is -2.17. The molecule has 2 aromatic rings. The summed E-state index contributed by atoms with van der Waals surface area (Å²) in [6.45, 7) is 1.48. The van der Waals surface area contributed by atoms with Crippen LogP contribution in [0.1, 0.15) is 12.0 Å². The maximum Gasteiger partial charge on any atom is 0.240 e. The molecule has 1 N–H and O–H groups in total. The predicted molar refractivity (Wildman–Crippen MR) is 101 cm³/mol. The molecule has 0 saturated carbocycles. The van der Waals surface area contributed by atoms with Gasteiger partial charge in [-0.25, -0.2) is 13.1 Å². The first-order valence-corrected chi connectivity index (χ1v) is 10.4. The van der Waals surface area contributed by atoms with Gasteiger partial charge in [-0.3, -0.25) is 4.79 Å². The van der Waals surface area contributed by atoms with E-state index in [4.69, 9.17) is 11.6 Å². The van der Waals surface area contributed by atoms with Gasteiger partial charge in [-0.2, -0.15) is 0 Å². The fourth-order valence-corrected chi connectivity index (χ4v) is 4.28. The van der Waals surface area contributed by atoms with Gasteiger partial charge in [-0.15, -0.1) is 0 Å². The molecule has 1 aliphatic rings. The molecule has 1 aliphatic heterocycles. The lowest BCUT2D eigenvalue weighted by atomic mass is 10.1. The van der Waals surface area contributed by atoms with Crippen molar-refractivity contribution >= 4 is 27.5 Å². The molecule has 0 bridgehead atoms. The van der Waals surface area contributed by atoms with Crippen LogP contribution in [0, 0.1) is 5.92 Å². The first-order chi connectivity index (χ1) is 12.4. The number of carbonyl (C=O) groups excluding carboxylic acids is 1. The fraction of sp³-hybridized carbons (Fsp3) is 0.316. The molecular formula is C19H21ClN2O3S. The number of carbonyl (C=O) groups is 1. The van der Waals surface area contributed by atoms with E-state index < -0.39 is 10.0 Å². The highest BCUT2D eigenvalue weighted by Crippen LogP contribution is 2.19. The summed E-state index contributed by atoms with van der Waals surface area (Å²) in [5.41, 5.74) is 1.19. The third-order valence-electron chi connectivity index (χ3n) is 4.49. The summed E-state index contributed by atoms with van der Waals surface area (Å²) in [5, 5.41) is 0.486. The SMILES string of the molecule is O=C1CC(CNS(=O)(=O)c2ccc(Cl)cc2)CN1CCc1ccccc1. The Hall–Kier alpha value is -1.89. The van der Waals surface area contributed by atoms with Crippen molar-refractivity contribution < 1.29 is 13.2 Å². The van der Waals surface area contributed by atoms with E-state index >= 15 is 0 Å². The highest BCUT2D eigenvalue weighted by Gasteiger charge is 2.30. The number of likely N-dealkylation sites (tertiary alicyclic amines) is 1. The minimum Gasteiger partial charge on any atom is -0.342 e. The van der Waals surface area contributed by atoms with Crippen LogP contribution >= 0.6 is 11.6 Å². The van der Waals surface area contributed by atoms with E-state index in [0.29, 0.717) is 24.5 Å². The van der Waals surface area contributed by atoms with E-state index in [1.165, 1.54) is 17.7 Å². The quantitative estimate of drug-likeness (QED) is 0.787. The van der Waals surface area contributed by atoms with Gasteiger partial charge in [0.1, 0.15) is 0 Å². The number of hydrogen-bond acceptors (Lipinski definition) is 3. The van der Waals surface area contributed by atoms with Crippen LogP contribution in [0.2, 0.25) is 5.02 Å². The summed E-state index contributed by atoms with van der Waals surface area (Å²) in [7, 11) is -3.59. The number of amides is 1. The summed E-state index contributed by atoms with van der Waals surface area (Å²) >= 11 is 5.79. The zero-order chi connectivity index (χ0) is 18.6. The summed E-state index contributed by atoms with van der Waals surface area (Å²) in [4.78, 5) is 14.2. The largest absolute Gasteiger partial charge is 0.342 e. The first-order valence-electron chi connectivity index (χ1n) is 8.51. The van der Waals surface area contributed by atoms with Crippen LogP contribution in [0.3, 0.4) is 0 Å². The van der Waals surface area contributed by atoms with Crippen LogP contribution < -0.4 is 4.72 Å². The zero-order valence-electron chi connectivity index (χ0n) is 14.3. The van der Waals surface area contributed by atoms with Crippen molar-refractivity contribution in [3.05, 3.63) is 65.2 Å². The van der Waals surface area contributed by atoms with E-state index in [0.717, 1.165) is 6.42 Å². The van der Waals surface area contributed by atoms with Gasteiger partial charge in [0.25, 0.3) is 0 Å². The summed E-state index contributed by atoms with van der Waals surface area (Å²) < 4.78 is 27.2. The van der Waals surface area contributed by atoms with Gasteiger partial charge in [0.2, 0.25) is 15.9 Å². The molecule has 0 aromatic heterocycles. The zero-order valence-corrected chi connectivity index (χ0v) is 15.8. The lowest BCUT2D eigenvalue weighted by Crippen LogP contribution is -2.32. The molecule has 1 atom stereocenters. The van der Waals surface area contributed by atoms with Gasteiger partial charge >= 0.3 is 0 Å². The molecule has 1 heterocycles. The number of benzene rings is 2. The summed E-state index contributed by atoms with van der Waals surface area (Å²) in [6.07, 6.45) is 1.17. The van der Waals surface area contributed by atoms with Gasteiger partial charge in [-0.1, -0.05) is 41.9 Å². The van der Waals surface area contributed by atoms with Gasteiger partial charge in [0.15, 0.2) is 0 Å². The molecule has 1 amide bonds. The maximum atomic E-state index is 12.3. The van der Waals surface area contributed by atoms with Crippen LogP contribution in [0.4, 0.5) is 0 Å². The second-order valence-corrected chi connectivity index (χ2v) is 8.65. The van der Waals surface area contributed by atoms with Gasteiger partial charge < -0.3 is 4.90 Å². The molecule has 1 unspecified atom stereocenters. The molecule has 138 valence electrons. The van der Waals surface area contributed by atoms with Crippen LogP contribution in [0.25, 0.3) is 0 Å². The fourth-order valence-electron chi connectivity index (χ4n) is 3.04. The topological polar surface area (TPSA) is 66.5 Å². The van der Waals surface area contributed by atoms with Crippen molar-refractivity contribution in [1.82, 2.24) is 9.62 Å². The Morgan fingerprint density at radius 2 is 1.77 bits per heavy atom. The Bertz CT molecular complexity index is 854. The highest BCUT2D eigenvalue weighted by molar-refractivity contribution is 7.89. The average molecular weight is 393 g/mol. The van der Waals surface area contributed by atoms with Crippen molar-refractivity contribution in [3.63, 3.8) is 0 Å². The van der Waals surface area contributed by atoms with Crippen LogP contribution in [0.5, 0.6) is 0 Å². The van der Waals surface area contributed by atoms with Crippen LogP contribution in [-0.2, 0) is 21.2 Å². The molecule has 1 fully saturated rings. The van der Waals surface area contributed by atoms with Crippen molar-refractivity contribution in [2.75, 3.05) is 19.6 Å². The van der Waals surface area contributed by atoms with Crippen molar-refractivity contribution in [2.24, 2.45) is 5.92 Å². The molecule has 26 heavy (non-hydrogen) atoms. The summed E-state index contributed by atoms with van der Waals surface area (Å²) in [5.74, 6) is 0.0666. The first kappa shape index (κ1) is 18.9. The lowest BCUT2D eigenvalue weighted by molar-refractivity contribution is -0.127. The van der Waals surface area contributed by atoms with E-state index in [1.54, 1.807) is 12.1 Å². The summed E-state index contributed by atoms with van der Waals surface area (Å²) in [6, 6.07) is 16.0. The molecule has 5 nitrogen and oxygen atoms in total. The van der Waals surface area contributed by atoms with Gasteiger partial charge in [0.05, 0.1) is 4.90 Å². The Labute approximate surface area is 159 Å². The maximum absolute atomic E-state index is 12.3. The van der Waals surface area contributed by atoms with E-state index in [1.807, 2.05) is 35.2 Å². The van der Waals surface area contributed by atoms with Crippen molar-refractivity contribution in [3.8, 4) is 0 Å². The van der Waals surface area contributed by atoms with Crippen LogP contribution in [0.15, 0.2) is 59.5 Å². The number of halogens is 1. The Balaban J connectivity index is 1.51. The van der Waals surface area contributed by atoms with Crippen LogP contribution in [-0.4, -0.2) is 38.9 Å². The highest BCUT2D eigenvalue weighted by atomic mass is 35.5. The molecule has 0 spiro atoms. The normalized spacial score (nSPS) is 17.7. The predicted octanol–water partition coefficient (Wildman–Crippen LogP) is 2.71. The number of rotatable bonds is 7. The van der Waals surface area contributed by atoms with E-state index in [2.05, 4.69) is 4.72 Å². The molecule has 0 radical (unpaired) electrons. The monoisotopic (exact) mass is 392 g/mol. The molecule has 3 rings (SSSR count). The van der Waals surface area contributed by atoms with Crippen molar-refractivity contribution in [1.29, 1.82) is 0 Å². The number of sulfonamides is 1. The number of hydrogen-bond donors (Lipinski definition) is 1. The average Bonchev–Trinajstić information content (AvgIpc) is 2.99. The van der Waals surface area contributed by atoms with Gasteiger partial charge in [-0.05, 0) is 42.2 Å². The molecule has 0 aliphatic carbocycles.